The van der Waals surface area contributed by atoms with Gasteiger partial charge in [0.25, 0.3) is 5.91 Å². The maximum atomic E-state index is 12.1. The van der Waals surface area contributed by atoms with Gasteiger partial charge in [0.15, 0.2) is 6.61 Å². The van der Waals surface area contributed by atoms with Crippen LogP contribution in [-0.2, 0) is 9.59 Å². The van der Waals surface area contributed by atoms with E-state index in [0.717, 1.165) is 12.8 Å². The van der Waals surface area contributed by atoms with Crippen molar-refractivity contribution < 1.29 is 14.3 Å². The van der Waals surface area contributed by atoms with E-state index >= 15 is 0 Å². The van der Waals surface area contributed by atoms with Crippen molar-refractivity contribution in [2.75, 3.05) is 17.2 Å². The Morgan fingerprint density at radius 2 is 1.59 bits per heavy atom. The van der Waals surface area contributed by atoms with Gasteiger partial charge in [0, 0.05) is 12.6 Å². The van der Waals surface area contributed by atoms with Gasteiger partial charge in [0.2, 0.25) is 5.91 Å². The predicted molar refractivity (Wildman–Crippen MR) is 114 cm³/mol. The average molecular weight is 399 g/mol. The van der Waals surface area contributed by atoms with Crippen molar-refractivity contribution in [1.82, 2.24) is 9.97 Å². The second kappa shape index (κ2) is 13.3. The fraction of sp³-hybridized carbons (Fsp3) is 0.455. The number of aromatic nitrogens is 2. The number of nitrogens with zero attached hydrogens (tertiary/aromatic N) is 2. The summed E-state index contributed by atoms with van der Waals surface area (Å²) >= 11 is 0. The van der Waals surface area contributed by atoms with Gasteiger partial charge >= 0.3 is 0 Å². The van der Waals surface area contributed by atoms with E-state index in [0.29, 0.717) is 23.8 Å². The molecule has 0 aromatic carbocycles. The third-order valence-corrected chi connectivity index (χ3v) is 4.30. The Balaban J connectivity index is 1.68. The Labute approximate surface area is 172 Å². The minimum atomic E-state index is -0.340. The number of carbonyl (C=O) groups excluding carboxylic acids is 2. The maximum absolute atomic E-state index is 12.1. The van der Waals surface area contributed by atoms with Gasteiger partial charge in [-0.05, 0) is 30.7 Å². The summed E-state index contributed by atoms with van der Waals surface area (Å²) < 4.78 is 5.35. The molecule has 0 radical (unpaired) electrons. The quantitative estimate of drug-likeness (QED) is 0.482. The van der Waals surface area contributed by atoms with E-state index in [1.165, 1.54) is 38.3 Å². The minimum absolute atomic E-state index is 0.0607. The molecular formula is C22H30N4O3. The molecule has 0 unspecified atom stereocenters. The molecule has 156 valence electrons. The molecule has 2 N–H and O–H groups in total. The van der Waals surface area contributed by atoms with E-state index < -0.39 is 0 Å². The molecule has 0 saturated heterocycles. The van der Waals surface area contributed by atoms with Crippen molar-refractivity contribution in [3.8, 4) is 5.75 Å². The smallest absolute Gasteiger partial charge is 0.263 e. The SMILES string of the molecule is CCCCCCCCCC(=O)Nc1cccc(NC(=O)COc2cccnc2)n1. The molecule has 2 heterocycles. The van der Waals surface area contributed by atoms with Crippen LogP contribution in [0.15, 0.2) is 42.7 Å². The molecule has 0 atom stereocenters. The number of hydrogen-bond donors (Lipinski definition) is 2. The molecule has 29 heavy (non-hydrogen) atoms. The first-order valence-corrected chi connectivity index (χ1v) is 10.3. The van der Waals surface area contributed by atoms with E-state index in [1.54, 1.807) is 36.5 Å². The molecule has 0 spiro atoms. The van der Waals surface area contributed by atoms with Crippen LogP contribution in [0.2, 0.25) is 0 Å². The molecule has 0 aliphatic heterocycles. The molecule has 2 aromatic heterocycles. The summed E-state index contributed by atoms with van der Waals surface area (Å²) in [6.45, 7) is 2.05. The van der Waals surface area contributed by atoms with Crippen LogP contribution in [-0.4, -0.2) is 28.4 Å². The van der Waals surface area contributed by atoms with Crippen molar-refractivity contribution in [2.45, 2.75) is 58.3 Å². The van der Waals surface area contributed by atoms with Crippen molar-refractivity contribution in [3.63, 3.8) is 0 Å². The number of rotatable bonds is 13. The molecule has 0 aliphatic rings. The van der Waals surface area contributed by atoms with Gasteiger partial charge in [-0.25, -0.2) is 4.98 Å². The van der Waals surface area contributed by atoms with Gasteiger partial charge in [-0.1, -0.05) is 51.5 Å². The third-order valence-electron chi connectivity index (χ3n) is 4.30. The Bertz CT molecular complexity index is 753. The zero-order valence-corrected chi connectivity index (χ0v) is 17.0. The number of pyridine rings is 2. The summed E-state index contributed by atoms with van der Waals surface area (Å²) in [5.41, 5.74) is 0. The van der Waals surface area contributed by atoms with Gasteiger partial charge in [0.05, 0.1) is 6.20 Å². The first kappa shape index (κ1) is 22.3. The monoisotopic (exact) mass is 398 g/mol. The fourth-order valence-corrected chi connectivity index (χ4v) is 2.78. The molecule has 0 bridgehead atoms. The number of hydrogen-bond acceptors (Lipinski definition) is 5. The van der Waals surface area contributed by atoms with Crippen LogP contribution >= 0.6 is 0 Å². The van der Waals surface area contributed by atoms with Crippen LogP contribution in [0.25, 0.3) is 0 Å². The number of carbonyl (C=O) groups is 2. The molecule has 2 rings (SSSR count). The summed E-state index contributed by atoms with van der Waals surface area (Å²) in [4.78, 5) is 32.3. The van der Waals surface area contributed by atoms with Crippen molar-refractivity contribution in [3.05, 3.63) is 42.7 Å². The van der Waals surface area contributed by atoms with Gasteiger partial charge in [-0.2, -0.15) is 0 Å². The van der Waals surface area contributed by atoms with Crippen LogP contribution in [0.5, 0.6) is 5.75 Å². The normalized spacial score (nSPS) is 10.4. The Morgan fingerprint density at radius 1 is 0.897 bits per heavy atom. The molecule has 0 saturated carbocycles. The molecular weight excluding hydrogens is 368 g/mol. The molecule has 7 nitrogen and oxygen atoms in total. The highest BCUT2D eigenvalue weighted by atomic mass is 16.5. The van der Waals surface area contributed by atoms with E-state index in [4.69, 9.17) is 4.74 Å². The number of unbranched alkanes of at least 4 members (excludes halogenated alkanes) is 6. The van der Waals surface area contributed by atoms with Crippen molar-refractivity contribution in [2.24, 2.45) is 0 Å². The lowest BCUT2D eigenvalue weighted by Crippen LogP contribution is -2.21. The molecule has 7 heteroatoms. The van der Waals surface area contributed by atoms with E-state index in [1.807, 2.05) is 0 Å². The first-order valence-electron chi connectivity index (χ1n) is 10.3. The molecule has 0 fully saturated rings. The van der Waals surface area contributed by atoms with Crippen LogP contribution in [0, 0.1) is 0 Å². The molecule has 0 aliphatic carbocycles. The zero-order chi connectivity index (χ0) is 20.7. The van der Waals surface area contributed by atoms with Crippen LogP contribution in [0.4, 0.5) is 11.6 Å². The topological polar surface area (TPSA) is 93.2 Å². The van der Waals surface area contributed by atoms with E-state index in [9.17, 15) is 9.59 Å². The number of amides is 2. The summed E-state index contributed by atoms with van der Waals surface area (Å²) in [5.74, 6) is 0.895. The third kappa shape index (κ3) is 9.69. The van der Waals surface area contributed by atoms with Gasteiger partial charge < -0.3 is 15.4 Å². The maximum Gasteiger partial charge on any atom is 0.263 e. The lowest BCUT2D eigenvalue weighted by atomic mass is 10.1. The summed E-state index contributed by atoms with van der Waals surface area (Å²) in [7, 11) is 0. The van der Waals surface area contributed by atoms with Gasteiger partial charge in [-0.15, -0.1) is 0 Å². The van der Waals surface area contributed by atoms with Crippen molar-refractivity contribution in [1.29, 1.82) is 0 Å². The highest BCUT2D eigenvalue weighted by Crippen LogP contribution is 2.12. The lowest BCUT2D eigenvalue weighted by Gasteiger charge is -2.09. The highest BCUT2D eigenvalue weighted by molar-refractivity contribution is 5.92. The predicted octanol–water partition coefficient (Wildman–Crippen LogP) is 4.57. The fourth-order valence-electron chi connectivity index (χ4n) is 2.78. The summed E-state index contributed by atoms with van der Waals surface area (Å²) in [6.07, 6.45) is 11.8. The van der Waals surface area contributed by atoms with E-state index in [2.05, 4.69) is 27.5 Å². The van der Waals surface area contributed by atoms with E-state index in [-0.39, 0.29) is 18.4 Å². The number of ether oxygens (including phenoxy) is 1. The molecule has 2 aromatic rings. The van der Waals surface area contributed by atoms with Gasteiger partial charge in [-0.3, -0.25) is 14.6 Å². The minimum Gasteiger partial charge on any atom is -0.482 e. The second-order valence-electron chi connectivity index (χ2n) is 6.85. The molecule has 2 amide bonds. The average Bonchev–Trinajstić information content (AvgIpc) is 2.72. The van der Waals surface area contributed by atoms with Crippen LogP contribution in [0.3, 0.4) is 0 Å². The number of anilines is 2. The second-order valence-corrected chi connectivity index (χ2v) is 6.85. The van der Waals surface area contributed by atoms with Crippen molar-refractivity contribution >= 4 is 23.5 Å². The zero-order valence-electron chi connectivity index (χ0n) is 17.0. The lowest BCUT2D eigenvalue weighted by molar-refractivity contribution is -0.118. The highest BCUT2D eigenvalue weighted by Gasteiger charge is 2.07. The first-order chi connectivity index (χ1) is 14.2. The van der Waals surface area contributed by atoms with Crippen LogP contribution in [0.1, 0.15) is 58.3 Å². The number of nitrogens with one attached hydrogen (secondary N) is 2. The summed E-state index contributed by atoms with van der Waals surface area (Å²) in [5, 5.41) is 5.44. The van der Waals surface area contributed by atoms with Crippen LogP contribution < -0.4 is 15.4 Å². The largest absolute Gasteiger partial charge is 0.482 e. The summed E-state index contributed by atoms with van der Waals surface area (Å²) in [6, 6.07) is 8.54. The Morgan fingerprint density at radius 3 is 2.28 bits per heavy atom. The standard InChI is InChI=1S/C22H30N4O3/c1-2-3-4-5-6-7-8-14-21(27)25-19-12-9-13-20(24-19)26-22(28)17-29-18-11-10-15-23-16-18/h9-13,15-16H,2-8,14,17H2,1H3,(H2,24,25,26,27,28). The Hall–Kier alpha value is -2.96. The Kier molecular flexibility index (Phi) is 10.2. The van der Waals surface area contributed by atoms with Gasteiger partial charge in [0.1, 0.15) is 17.4 Å².